The number of pyridine rings is 1. The summed E-state index contributed by atoms with van der Waals surface area (Å²) in [5.74, 6) is -1.90. The molecule has 1 aliphatic carbocycles. The molecule has 1 fully saturated rings. The maximum absolute atomic E-state index is 12.2. The van der Waals surface area contributed by atoms with Gasteiger partial charge in [0.1, 0.15) is 5.75 Å². The highest BCUT2D eigenvalue weighted by molar-refractivity contribution is 5.92. The summed E-state index contributed by atoms with van der Waals surface area (Å²) in [6.07, 6.45) is 2.78. The molecular weight excluding hydrogens is 406 g/mol. The highest BCUT2D eigenvalue weighted by Crippen LogP contribution is 2.35. The predicted molar refractivity (Wildman–Crippen MR) is 119 cm³/mol. The summed E-state index contributed by atoms with van der Waals surface area (Å²) < 4.78 is 2.15. The lowest BCUT2D eigenvalue weighted by Gasteiger charge is -2.12. The number of rotatable bonds is 6. The van der Waals surface area contributed by atoms with Gasteiger partial charge in [0.05, 0.1) is 5.69 Å². The van der Waals surface area contributed by atoms with Crippen LogP contribution in [0.3, 0.4) is 0 Å². The van der Waals surface area contributed by atoms with Crippen molar-refractivity contribution in [3.05, 3.63) is 51.4 Å². The van der Waals surface area contributed by atoms with Crippen LogP contribution in [0.4, 0.5) is 0 Å². The molecule has 0 atom stereocenters. The minimum absolute atomic E-state index is 0. The van der Waals surface area contributed by atoms with E-state index in [1.165, 1.54) is 18.5 Å². The number of carboxylic acid groups (broad SMARTS) is 1. The first-order chi connectivity index (χ1) is 13.7. The van der Waals surface area contributed by atoms with E-state index in [9.17, 15) is 19.8 Å². The van der Waals surface area contributed by atoms with E-state index >= 15 is 0 Å². The number of H-pyrrole nitrogens is 1. The number of aromatic hydroxyl groups is 1. The zero-order chi connectivity index (χ0) is 20.9. The summed E-state index contributed by atoms with van der Waals surface area (Å²) in [6, 6.07) is 7.94. The molecule has 8 heteroatoms. The normalized spacial score (nSPS) is 14.5. The maximum Gasteiger partial charge on any atom is 0.345 e. The highest BCUT2D eigenvalue weighted by Gasteiger charge is 2.36. The smallest absolute Gasteiger partial charge is 0.345 e. The number of aromatic nitrogens is 2. The van der Waals surface area contributed by atoms with Crippen LogP contribution in [0.15, 0.2) is 29.1 Å². The molecule has 4 N–H and O–H groups in total. The Morgan fingerprint density at radius 2 is 2.00 bits per heavy atom. The van der Waals surface area contributed by atoms with Crippen molar-refractivity contribution in [2.24, 2.45) is 7.05 Å². The molecule has 0 saturated heterocycles. The number of carbonyl (C=O) groups is 1. The lowest BCUT2D eigenvalue weighted by molar-refractivity contribution is 0.0691. The topological polar surface area (TPSA) is 107 Å². The molecular formula is C22H26ClN3O4. The van der Waals surface area contributed by atoms with Crippen molar-refractivity contribution in [1.82, 2.24) is 14.9 Å². The zero-order valence-electron chi connectivity index (χ0n) is 17.2. The van der Waals surface area contributed by atoms with Gasteiger partial charge in [-0.05, 0) is 49.9 Å². The first-order valence-corrected chi connectivity index (χ1v) is 9.79. The summed E-state index contributed by atoms with van der Waals surface area (Å²) in [6.45, 7) is 4.82. The van der Waals surface area contributed by atoms with Crippen LogP contribution in [0.1, 0.15) is 48.3 Å². The van der Waals surface area contributed by atoms with Gasteiger partial charge in [-0.1, -0.05) is 13.0 Å². The van der Waals surface area contributed by atoms with Gasteiger partial charge in [0.2, 0.25) is 0 Å². The van der Waals surface area contributed by atoms with Gasteiger partial charge in [-0.25, -0.2) is 4.79 Å². The molecule has 2 heterocycles. The lowest BCUT2D eigenvalue weighted by atomic mass is 9.99. The fourth-order valence-corrected chi connectivity index (χ4v) is 3.82. The second-order valence-electron chi connectivity index (χ2n) is 8.07. The van der Waals surface area contributed by atoms with Crippen molar-refractivity contribution in [2.75, 3.05) is 0 Å². The van der Waals surface area contributed by atoms with Crippen molar-refractivity contribution < 1.29 is 15.0 Å². The molecule has 0 unspecified atom stereocenters. The van der Waals surface area contributed by atoms with E-state index in [2.05, 4.69) is 27.9 Å². The van der Waals surface area contributed by atoms with Crippen LogP contribution in [0, 0.1) is 0 Å². The minimum atomic E-state index is -1.44. The largest absolute Gasteiger partial charge is 0.506 e. The Morgan fingerprint density at radius 1 is 1.30 bits per heavy atom. The number of aromatic amines is 1. The summed E-state index contributed by atoms with van der Waals surface area (Å²) in [7, 11) is 2.03. The van der Waals surface area contributed by atoms with Crippen molar-refractivity contribution in [3.8, 4) is 17.0 Å². The number of halogens is 1. The summed E-state index contributed by atoms with van der Waals surface area (Å²) in [5.41, 5.74) is 2.67. The molecule has 1 aromatic carbocycles. The highest BCUT2D eigenvalue weighted by atomic mass is 35.5. The Labute approximate surface area is 180 Å². The summed E-state index contributed by atoms with van der Waals surface area (Å²) in [5, 5.41) is 24.2. The Kier molecular flexibility index (Phi) is 5.71. The van der Waals surface area contributed by atoms with E-state index in [-0.39, 0.29) is 17.9 Å². The molecule has 0 bridgehead atoms. The quantitative estimate of drug-likeness (QED) is 0.477. The number of hydrogen-bond donors (Lipinski definition) is 4. The van der Waals surface area contributed by atoms with E-state index in [1.807, 2.05) is 32.2 Å². The van der Waals surface area contributed by atoms with Crippen LogP contribution < -0.4 is 10.9 Å². The van der Waals surface area contributed by atoms with Crippen LogP contribution in [0.2, 0.25) is 0 Å². The van der Waals surface area contributed by atoms with E-state index in [1.54, 1.807) is 0 Å². The monoisotopic (exact) mass is 431 g/mol. The SMILES string of the molecule is CCc1c(-c2ccc3c(c2)cc(CNC2(C)CC2)n3C)[nH]c(=O)c(C(=O)O)c1O.Cl. The molecule has 0 radical (unpaired) electrons. The number of nitrogens with one attached hydrogen (secondary N) is 2. The maximum atomic E-state index is 12.2. The molecule has 3 aromatic rings. The molecule has 0 amide bonds. The summed E-state index contributed by atoms with van der Waals surface area (Å²) in [4.78, 5) is 26.2. The van der Waals surface area contributed by atoms with Crippen molar-refractivity contribution in [3.63, 3.8) is 0 Å². The predicted octanol–water partition coefficient (Wildman–Crippen LogP) is 3.56. The standard InChI is InChI=1S/C22H25N3O4.ClH/c1-4-15-18(24-20(27)17(19(15)26)21(28)29)12-5-6-16-13(9-12)10-14(25(16)3)11-23-22(2)7-8-22;/h5-6,9-10,23H,4,7-8,11H2,1-3H3,(H,28,29)(H2,24,26,27);1H. The molecule has 160 valence electrons. The van der Waals surface area contributed by atoms with Crippen LogP contribution in [-0.2, 0) is 20.0 Å². The average Bonchev–Trinajstić information content (AvgIpc) is 3.32. The van der Waals surface area contributed by atoms with Crippen molar-refractivity contribution in [2.45, 2.75) is 45.2 Å². The molecule has 1 aliphatic rings. The fraction of sp³-hybridized carbons (Fsp3) is 0.364. The number of hydrogen-bond acceptors (Lipinski definition) is 4. The van der Waals surface area contributed by atoms with Gasteiger partial charge in [0, 0.05) is 41.3 Å². The zero-order valence-corrected chi connectivity index (χ0v) is 18.0. The minimum Gasteiger partial charge on any atom is -0.506 e. The molecule has 0 spiro atoms. The number of nitrogens with zero attached hydrogens (tertiary/aromatic N) is 1. The van der Waals surface area contributed by atoms with Gasteiger partial charge in [-0.3, -0.25) is 4.79 Å². The first-order valence-electron chi connectivity index (χ1n) is 9.79. The van der Waals surface area contributed by atoms with Crippen LogP contribution in [0.5, 0.6) is 5.75 Å². The van der Waals surface area contributed by atoms with E-state index < -0.39 is 22.8 Å². The summed E-state index contributed by atoms with van der Waals surface area (Å²) >= 11 is 0. The molecule has 1 saturated carbocycles. The molecule has 7 nitrogen and oxygen atoms in total. The van der Waals surface area contributed by atoms with Gasteiger partial charge in [-0.15, -0.1) is 12.4 Å². The van der Waals surface area contributed by atoms with Gasteiger partial charge in [0.15, 0.2) is 5.56 Å². The van der Waals surface area contributed by atoms with Crippen LogP contribution in [-0.4, -0.2) is 31.3 Å². The Bertz CT molecular complexity index is 1190. The van der Waals surface area contributed by atoms with Gasteiger partial charge < -0.3 is 25.1 Å². The second-order valence-corrected chi connectivity index (χ2v) is 8.07. The van der Waals surface area contributed by atoms with E-state index in [0.717, 1.165) is 23.0 Å². The third-order valence-electron chi connectivity index (χ3n) is 5.98. The first kappa shape index (κ1) is 21.9. The van der Waals surface area contributed by atoms with Crippen LogP contribution >= 0.6 is 12.4 Å². The lowest BCUT2D eigenvalue weighted by Crippen LogP contribution is -2.27. The Morgan fingerprint density at radius 3 is 2.60 bits per heavy atom. The Hall–Kier alpha value is -2.77. The number of benzene rings is 1. The Balaban J connectivity index is 0.00000256. The van der Waals surface area contributed by atoms with Crippen molar-refractivity contribution in [1.29, 1.82) is 0 Å². The third-order valence-corrected chi connectivity index (χ3v) is 5.98. The molecule has 2 aromatic heterocycles. The van der Waals surface area contributed by atoms with Gasteiger partial charge >= 0.3 is 5.97 Å². The second kappa shape index (κ2) is 7.81. The van der Waals surface area contributed by atoms with Gasteiger partial charge in [-0.2, -0.15) is 0 Å². The molecule has 30 heavy (non-hydrogen) atoms. The number of aromatic carboxylic acids is 1. The van der Waals surface area contributed by atoms with Crippen molar-refractivity contribution >= 4 is 29.3 Å². The van der Waals surface area contributed by atoms with Crippen LogP contribution in [0.25, 0.3) is 22.2 Å². The van der Waals surface area contributed by atoms with E-state index in [4.69, 9.17) is 0 Å². The number of fused-ring (bicyclic) bond motifs is 1. The van der Waals surface area contributed by atoms with E-state index in [0.29, 0.717) is 17.7 Å². The molecule has 4 rings (SSSR count). The fourth-order valence-electron chi connectivity index (χ4n) is 3.82. The van der Waals surface area contributed by atoms with Gasteiger partial charge in [0.25, 0.3) is 5.56 Å². The number of carboxylic acids is 1. The number of aryl methyl sites for hydroxylation is 1. The third kappa shape index (κ3) is 3.70. The molecule has 0 aliphatic heterocycles. The average molecular weight is 432 g/mol.